The second-order valence-electron chi connectivity index (χ2n) is 2.60. The zero-order chi connectivity index (χ0) is 10.3. The van der Waals surface area contributed by atoms with E-state index in [-0.39, 0.29) is 5.91 Å². The Hall–Kier alpha value is -1.30. The Balaban J connectivity index is 3.42. The van der Waals surface area contributed by atoms with E-state index in [0.29, 0.717) is 19.5 Å². The van der Waals surface area contributed by atoms with E-state index in [1.807, 2.05) is 6.92 Å². The molecule has 0 rings (SSSR count). The molecule has 0 spiro atoms. The molecule has 13 heavy (non-hydrogen) atoms. The van der Waals surface area contributed by atoms with Gasteiger partial charge in [0.2, 0.25) is 5.91 Å². The summed E-state index contributed by atoms with van der Waals surface area (Å²) in [6.45, 7) is 2.49. The zero-order valence-corrected chi connectivity index (χ0v) is 7.67. The normalized spacial score (nSPS) is 11.8. The van der Waals surface area contributed by atoms with Gasteiger partial charge >= 0.3 is 6.03 Å². The number of primary amides is 1. The Morgan fingerprint density at radius 1 is 1.31 bits per heavy atom. The van der Waals surface area contributed by atoms with Crippen LogP contribution >= 0.6 is 0 Å². The molecule has 0 aliphatic carbocycles. The van der Waals surface area contributed by atoms with Crippen LogP contribution in [-0.4, -0.2) is 31.1 Å². The van der Waals surface area contributed by atoms with Crippen molar-refractivity contribution in [1.29, 1.82) is 0 Å². The van der Waals surface area contributed by atoms with Crippen molar-refractivity contribution in [2.24, 2.45) is 11.5 Å². The van der Waals surface area contributed by atoms with E-state index in [1.54, 1.807) is 0 Å². The standard InChI is InChI=1S/C7H16N4O2/c1-2-5(8)6(12)10-3-4-11-7(9)13/h5H,2-4,8H2,1H3,(H,10,12)(H3,9,11,13)/t5-/m1/s1. The Morgan fingerprint density at radius 3 is 2.31 bits per heavy atom. The van der Waals surface area contributed by atoms with Gasteiger partial charge in [-0.1, -0.05) is 6.92 Å². The molecule has 0 saturated carbocycles. The van der Waals surface area contributed by atoms with Crippen molar-refractivity contribution in [3.63, 3.8) is 0 Å². The van der Waals surface area contributed by atoms with Crippen LogP contribution in [0.25, 0.3) is 0 Å². The van der Waals surface area contributed by atoms with Crippen LogP contribution in [-0.2, 0) is 4.79 Å². The van der Waals surface area contributed by atoms with E-state index in [0.717, 1.165) is 0 Å². The lowest BCUT2D eigenvalue weighted by molar-refractivity contribution is -0.122. The van der Waals surface area contributed by atoms with Gasteiger partial charge in [-0.15, -0.1) is 0 Å². The second kappa shape index (κ2) is 6.24. The summed E-state index contributed by atoms with van der Waals surface area (Å²) < 4.78 is 0. The summed E-state index contributed by atoms with van der Waals surface area (Å²) in [5, 5.41) is 4.90. The topological polar surface area (TPSA) is 110 Å². The smallest absolute Gasteiger partial charge is 0.312 e. The molecule has 0 aromatic heterocycles. The van der Waals surface area contributed by atoms with Crippen LogP contribution in [0.1, 0.15) is 13.3 Å². The molecular formula is C7H16N4O2. The third kappa shape index (κ3) is 5.92. The van der Waals surface area contributed by atoms with Crippen LogP contribution in [0, 0.1) is 0 Å². The molecule has 3 amide bonds. The third-order valence-corrected chi connectivity index (χ3v) is 1.50. The number of amides is 3. The van der Waals surface area contributed by atoms with Gasteiger partial charge < -0.3 is 22.1 Å². The van der Waals surface area contributed by atoms with Crippen molar-refractivity contribution < 1.29 is 9.59 Å². The lowest BCUT2D eigenvalue weighted by Crippen LogP contribution is -2.43. The van der Waals surface area contributed by atoms with Gasteiger partial charge in [-0.05, 0) is 6.42 Å². The molecule has 0 unspecified atom stereocenters. The largest absolute Gasteiger partial charge is 0.353 e. The summed E-state index contributed by atoms with van der Waals surface area (Å²) >= 11 is 0. The lowest BCUT2D eigenvalue weighted by Gasteiger charge is -2.09. The highest BCUT2D eigenvalue weighted by atomic mass is 16.2. The van der Waals surface area contributed by atoms with Gasteiger partial charge in [-0.25, -0.2) is 4.79 Å². The number of hydrogen-bond donors (Lipinski definition) is 4. The molecule has 0 bridgehead atoms. The van der Waals surface area contributed by atoms with Gasteiger partial charge in [0.05, 0.1) is 6.04 Å². The first-order valence-electron chi connectivity index (χ1n) is 4.14. The maximum absolute atomic E-state index is 11.0. The predicted molar refractivity (Wildman–Crippen MR) is 48.9 cm³/mol. The molecule has 0 radical (unpaired) electrons. The van der Waals surface area contributed by atoms with Crippen molar-refractivity contribution in [3.05, 3.63) is 0 Å². The molecule has 0 saturated heterocycles. The fourth-order valence-corrected chi connectivity index (χ4v) is 0.688. The molecule has 6 nitrogen and oxygen atoms in total. The van der Waals surface area contributed by atoms with Gasteiger partial charge in [-0.3, -0.25) is 4.79 Å². The Morgan fingerprint density at radius 2 is 1.85 bits per heavy atom. The highest BCUT2D eigenvalue weighted by Crippen LogP contribution is 1.83. The van der Waals surface area contributed by atoms with E-state index >= 15 is 0 Å². The number of hydrogen-bond acceptors (Lipinski definition) is 3. The summed E-state index contributed by atoms with van der Waals surface area (Å²) in [4.78, 5) is 21.2. The van der Waals surface area contributed by atoms with E-state index in [2.05, 4.69) is 10.6 Å². The van der Waals surface area contributed by atoms with Gasteiger partial charge in [0.15, 0.2) is 0 Å². The van der Waals surface area contributed by atoms with Crippen molar-refractivity contribution in [3.8, 4) is 0 Å². The molecule has 6 N–H and O–H groups in total. The first-order valence-corrected chi connectivity index (χ1v) is 4.14. The average Bonchev–Trinajstić information content (AvgIpc) is 2.10. The minimum absolute atomic E-state index is 0.214. The van der Waals surface area contributed by atoms with E-state index in [4.69, 9.17) is 11.5 Å². The summed E-state index contributed by atoms with van der Waals surface area (Å²) in [6.07, 6.45) is 0.592. The number of nitrogens with two attached hydrogens (primary N) is 2. The third-order valence-electron chi connectivity index (χ3n) is 1.50. The van der Waals surface area contributed by atoms with Crippen LogP contribution in [0.4, 0.5) is 4.79 Å². The molecule has 0 heterocycles. The van der Waals surface area contributed by atoms with Crippen molar-refractivity contribution in [2.45, 2.75) is 19.4 Å². The Kier molecular flexibility index (Phi) is 5.62. The average molecular weight is 188 g/mol. The van der Waals surface area contributed by atoms with Crippen molar-refractivity contribution in [1.82, 2.24) is 10.6 Å². The summed E-state index contributed by atoms with van der Waals surface area (Å²) in [6, 6.07) is -1.08. The lowest BCUT2D eigenvalue weighted by atomic mass is 10.2. The van der Waals surface area contributed by atoms with Gasteiger partial charge in [-0.2, -0.15) is 0 Å². The molecule has 0 fully saturated rings. The Bertz CT molecular complexity index is 183. The molecule has 0 aliphatic rings. The minimum Gasteiger partial charge on any atom is -0.353 e. The Labute approximate surface area is 77.0 Å². The molecule has 76 valence electrons. The number of nitrogens with one attached hydrogen (secondary N) is 2. The van der Waals surface area contributed by atoms with Crippen LogP contribution in [0.5, 0.6) is 0 Å². The number of carbonyl (C=O) groups is 2. The number of carbonyl (C=O) groups excluding carboxylic acids is 2. The summed E-state index contributed by atoms with van der Waals surface area (Å²) in [7, 11) is 0. The maximum atomic E-state index is 11.0. The summed E-state index contributed by atoms with van der Waals surface area (Å²) in [5.74, 6) is -0.214. The van der Waals surface area contributed by atoms with Gasteiger partial charge in [0.25, 0.3) is 0 Å². The predicted octanol–water partition coefficient (Wildman–Crippen LogP) is -1.49. The summed E-state index contributed by atoms with van der Waals surface area (Å²) in [5.41, 5.74) is 10.2. The van der Waals surface area contributed by atoms with Crippen LogP contribution < -0.4 is 22.1 Å². The molecular weight excluding hydrogens is 172 g/mol. The van der Waals surface area contributed by atoms with Gasteiger partial charge in [0.1, 0.15) is 0 Å². The molecule has 0 aromatic rings. The van der Waals surface area contributed by atoms with Gasteiger partial charge in [0, 0.05) is 13.1 Å². The van der Waals surface area contributed by atoms with Crippen LogP contribution in [0.2, 0.25) is 0 Å². The maximum Gasteiger partial charge on any atom is 0.312 e. The SMILES string of the molecule is CC[C@@H](N)C(=O)NCCNC(N)=O. The number of rotatable bonds is 5. The van der Waals surface area contributed by atoms with Crippen LogP contribution in [0.3, 0.4) is 0 Å². The fraction of sp³-hybridized carbons (Fsp3) is 0.714. The molecule has 0 aromatic carbocycles. The van der Waals surface area contributed by atoms with E-state index < -0.39 is 12.1 Å². The van der Waals surface area contributed by atoms with E-state index in [1.165, 1.54) is 0 Å². The molecule has 1 atom stereocenters. The fourth-order valence-electron chi connectivity index (χ4n) is 0.688. The quantitative estimate of drug-likeness (QED) is 0.394. The first-order chi connectivity index (χ1) is 6.07. The molecule has 6 heteroatoms. The monoisotopic (exact) mass is 188 g/mol. The first kappa shape index (κ1) is 11.7. The number of urea groups is 1. The molecule has 0 aliphatic heterocycles. The minimum atomic E-state index is -0.603. The highest BCUT2D eigenvalue weighted by Gasteiger charge is 2.08. The van der Waals surface area contributed by atoms with Crippen molar-refractivity contribution in [2.75, 3.05) is 13.1 Å². The second-order valence-corrected chi connectivity index (χ2v) is 2.60. The zero-order valence-electron chi connectivity index (χ0n) is 7.67. The van der Waals surface area contributed by atoms with Crippen LogP contribution in [0.15, 0.2) is 0 Å². The highest BCUT2D eigenvalue weighted by molar-refractivity contribution is 5.81. The van der Waals surface area contributed by atoms with Crippen molar-refractivity contribution >= 4 is 11.9 Å². The van der Waals surface area contributed by atoms with E-state index in [9.17, 15) is 9.59 Å².